The van der Waals surface area contributed by atoms with Crippen molar-refractivity contribution in [2.75, 3.05) is 0 Å². The molecule has 3 radical (unpaired) electrons. The Morgan fingerprint density at radius 2 is 1.88 bits per heavy atom. The highest BCUT2D eigenvalue weighted by molar-refractivity contribution is 6.52. The van der Waals surface area contributed by atoms with Crippen molar-refractivity contribution in [2.45, 2.75) is 72.8 Å². The molecule has 0 aromatic rings. The molecule has 17 heavy (non-hydrogen) atoms. The summed E-state index contributed by atoms with van der Waals surface area (Å²) >= 11 is 0. The summed E-state index contributed by atoms with van der Waals surface area (Å²) in [7, 11) is 8.76. The maximum atomic E-state index is 6.55. The van der Waals surface area contributed by atoms with Crippen LogP contribution in [0.5, 0.6) is 0 Å². The van der Waals surface area contributed by atoms with Gasteiger partial charge < -0.3 is 0 Å². The molecule has 1 saturated carbocycles. The Bertz CT molecular complexity index is 270. The standard InChI is InChI=1S/C15H29B2/c1-8-9-14(5)12(15(6,16)17-7)10-11(2)13(14,3)4/h11-12H,8-10H2,1-7H3. The minimum absolute atomic E-state index is 0.133. The Balaban J connectivity index is 3.15. The topological polar surface area (TPSA) is 0 Å². The molecule has 0 nitrogen and oxygen atoms in total. The Morgan fingerprint density at radius 3 is 2.29 bits per heavy atom. The van der Waals surface area contributed by atoms with E-state index in [4.69, 9.17) is 7.85 Å². The van der Waals surface area contributed by atoms with Crippen LogP contribution in [0.3, 0.4) is 0 Å². The fraction of sp³-hybridized carbons (Fsp3) is 1.00. The second-order valence-electron chi connectivity index (χ2n) is 7.23. The fourth-order valence-electron chi connectivity index (χ4n) is 4.08. The summed E-state index contributed by atoms with van der Waals surface area (Å²) in [4.78, 5) is 0. The van der Waals surface area contributed by atoms with E-state index >= 15 is 0 Å². The SMILES string of the molecule is [B]C(C)([B]C)C1CC(C)C(C)(C)C1(C)CCC. The molecule has 0 heterocycles. The Kier molecular flexibility index (Phi) is 4.17. The van der Waals surface area contributed by atoms with Crippen molar-refractivity contribution < 1.29 is 0 Å². The third-order valence-corrected chi connectivity index (χ3v) is 6.20. The first-order chi connectivity index (χ1) is 7.63. The lowest BCUT2D eigenvalue weighted by Crippen LogP contribution is -2.42. The highest BCUT2D eigenvalue weighted by Gasteiger charge is 2.57. The minimum atomic E-state index is -0.133. The molecule has 4 unspecified atom stereocenters. The number of hydrogen-bond acceptors (Lipinski definition) is 0. The molecular weight excluding hydrogens is 202 g/mol. The van der Waals surface area contributed by atoms with Gasteiger partial charge in [0.05, 0.1) is 7.85 Å². The van der Waals surface area contributed by atoms with Crippen molar-refractivity contribution in [3.63, 3.8) is 0 Å². The maximum absolute atomic E-state index is 6.55. The van der Waals surface area contributed by atoms with Gasteiger partial charge in [-0.3, -0.25) is 0 Å². The van der Waals surface area contributed by atoms with E-state index in [1.54, 1.807) is 0 Å². The molecule has 0 bridgehead atoms. The molecule has 0 aliphatic heterocycles. The van der Waals surface area contributed by atoms with Gasteiger partial charge in [-0.2, -0.15) is 0 Å². The van der Waals surface area contributed by atoms with Gasteiger partial charge in [-0.15, -0.1) is 0 Å². The molecule has 1 fully saturated rings. The van der Waals surface area contributed by atoms with E-state index in [0.717, 1.165) is 5.92 Å². The van der Waals surface area contributed by atoms with Crippen molar-refractivity contribution in [2.24, 2.45) is 22.7 Å². The van der Waals surface area contributed by atoms with Crippen molar-refractivity contribution in [1.29, 1.82) is 0 Å². The van der Waals surface area contributed by atoms with Crippen LogP contribution in [-0.2, 0) is 0 Å². The lowest BCUT2D eigenvalue weighted by Gasteiger charge is -2.49. The van der Waals surface area contributed by atoms with Crippen LogP contribution in [0.1, 0.15) is 60.8 Å². The molecule has 4 atom stereocenters. The molecular formula is C15H29B2. The Labute approximate surface area is 111 Å². The number of hydrogen-bond donors (Lipinski definition) is 0. The van der Waals surface area contributed by atoms with Gasteiger partial charge in [0.1, 0.15) is 7.28 Å². The van der Waals surface area contributed by atoms with Crippen LogP contribution in [0, 0.1) is 22.7 Å². The summed E-state index contributed by atoms with van der Waals surface area (Å²) in [5, 5.41) is -0.133. The van der Waals surface area contributed by atoms with Gasteiger partial charge >= 0.3 is 0 Å². The van der Waals surface area contributed by atoms with E-state index in [1.807, 2.05) is 0 Å². The summed E-state index contributed by atoms with van der Waals surface area (Å²) in [5.74, 6) is 1.36. The minimum Gasteiger partial charge on any atom is -0.0922 e. The molecule has 95 valence electrons. The first-order valence-electron chi connectivity index (χ1n) is 7.23. The average molecular weight is 231 g/mol. The van der Waals surface area contributed by atoms with E-state index < -0.39 is 0 Å². The molecule has 0 saturated heterocycles. The van der Waals surface area contributed by atoms with Crippen LogP contribution >= 0.6 is 0 Å². The van der Waals surface area contributed by atoms with Gasteiger partial charge in [-0.1, -0.05) is 60.0 Å². The first kappa shape index (κ1) is 15.2. The lowest BCUT2D eigenvalue weighted by molar-refractivity contribution is 0.0452. The zero-order valence-electron chi connectivity index (χ0n) is 12.9. The predicted molar refractivity (Wildman–Crippen MR) is 79.8 cm³/mol. The van der Waals surface area contributed by atoms with Crippen LogP contribution in [0.2, 0.25) is 12.0 Å². The zero-order valence-corrected chi connectivity index (χ0v) is 12.9. The molecule has 0 N–H and O–H groups in total. The van der Waals surface area contributed by atoms with Crippen molar-refractivity contribution >= 4 is 15.1 Å². The summed E-state index contributed by atoms with van der Waals surface area (Å²) in [6.45, 7) is 16.4. The predicted octanol–water partition coefficient (Wildman–Crippen LogP) is 4.53. The quantitative estimate of drug-likeness (QED) is 0.623. The molecule has 1 aliphatic carbocycles. The summed E-state index contributed by atoms with van der Waals surface area (Å²) in [6, 6.07) is 0. The van der Waals surface area contributed by atoms with Crippen LogP contribution in [-0.4, -0.2) is 15.1 Å². The van der Waals surface area contributed by atoms with Gasteiger partial charge in [0.25, 0.3) is 0 Å². The average Bonchev–Trinajstić information content (AvgIpc) is 2.40. The fourth-order valence-corrected chi connectivity index (χ4v) is 4.08. The van der Waals surface area contributed by atoms with Crippen LogP contribution < -0.4 is 0 Å². The summed E-state index contributed by atoms with van der Waals surface area (Å²) < 4.78 is 0. The van der Waals surface area contributed by atoms with E-state index in [1.165, 1.54) is 19.3 Å². The molecule has 1 rings (SSSR count). The normalized spacial score (nSPS) is 39.9. The van der Waals surface area contributed by atoms with Crippen molar-refractivity contribution in [3.8, 4) is 0 Å². The van der Waals surface area contributed by atoms with Crippen molar-refractivity contribution in [3.05, 3.63) is 0 Å². The third kappa shape index (κ3) is 2.22. The first-order valence-corrected chi connectivity index (χ1v) is 7.23. The van der Waals surface area contributed by atoms with Crippen LogP contribution in [0.4, 0.5) is 0 Å². The van der Waals surface area contributed by atoms with E-state index in [2.05, 4.69) is 55.6 Å². The smallest absolute Gasteiger partial charge is 0.0922 e. The monoisotopic (exact) mass is 231 g/mol. The molecule has 0 spiro atoms. The third-order valence-electron chi connectivity index (χ3n) is 6.20. The molecule has 2 heteroatoms. The maximum Gasteiger partial charge on any atom is 0.103 e. The van der Waals surface area contributed by atoms with Gasteiger partial charge in [0.2, 0.25) is 0 Å². The summed E-state index contributed by atoms with van der Waals surface area (Å²) in [6.07, 6.45) is 3.80. The Morgan fingerprint density at radius 1 is 1.35 bits per heavy atom. The van der Waals surface area contributed by atoms with Gasteiger partial charge in [-0.05, 0) is 35.5 Å². The van der Waals surface area contributed by atoms with E-state index in [9.17, 15) is 0 Å². The van der Waals surface area contributed by atoms with Crippen LogP contribution in [0.15, 0.2) is 0 Å². The van der Waals surface area contributed by atoms with E-state index in [-0.39, 0.29) is 5.21 Å². The van der Waals surface area contributed by atoms with Gasteiger partial charge in [-0.25, -0.2) is 0 Å². The molecule has 0 aromatic carbocycles. The summed E-state index contributed by atoms with van der Waals surface area (Å²) in [5.41, 5.74) is 0.745. The lowest BCUT2D eigenvalue weighted by atomic mass is 9.36. The highest BCUT2D eigenvalue weighted by atomic mass is 14.6. The molecule has 1 aliphatic rings. The molecule has 0 aromatic heterocycles. The van der Waals surface area contributed by atoms with Crippen LogP contribution in [0.25, 0.3) is 0 Å². The molecule has 0 amide bonds. The van der Waals surface area contributed by atoms with Crippen molar-refractivity contribution in [1.82, 2.24) is 0 Å². The largest absolute Gasteiger partial charge is 0.103 e. The van der Waals surface area contributed by atoms with Gasteiger partial charge in [0, 0.05) is 0 Å². The number of rotatable bonds is 4. The zero-order chi connectivity index (χ0) is 13.5. The van der Waals surface area contributed by atoms with Gasteiger partial charge in [0.15, 0.2) is 0 Å². The second kappa shape index (κ2) is 4.67. The van der Waals surface area contributed by atoms with E-state index in [0.29, 0.717) is 16.7 Å². The Hall–Kier alpha value is 0.130. The highest BCUT2D eigenvalue weighted by Crippen LogP contribution is 2.66. The second-order valence-corrected chi connectivity index (χ2v) is 7.23.